The van der Waals surface area contributed by atoms with Gasteiger partial charge in [0.25, 0.3) is 5.91 Å². The molecule has 0 radical (unpaired) electrons. The fourth-order valence-electron chi connectivity index (χ4n) is 3.37. The van der Waals surface area contributed by atoms with Gasteiger partial charge in [-0.3, -0.25) is 4.79 Å². The van der Waals surface area contributed by atoms with E-state index in [1.165, 1.54) is 17.8 Å². The maximum Gasteiger partial charge on any atom is 0.273 e. The summed E-state index contributed by atoms with van der Waals surface area (Å²) in [7, 11) is 0. The molecule has 1 aromatic heterocycles. The second kappa shape index (κ2) is 6.92. The van der Waals surface area contributed by atoms with Gasteiger partial charge in [-0.15, -0.1) is 11.3 Å². The molecule has 0 saturated carbocycles. The molecule has 1 amide bonds. The Balaban J connectivity index is 1.47. The number of thiazole rings is 1. The number of hydrogen-bond acceptors (Lipinski definition) is 6. The minimum atomic E-state index is 0.0431. The molecule has 1 unspecified atom stereocenters. The van der Waals surface area contributed by atoms with E-state index in [0.29, 0.717) is 16.9 Å². The fourth-order valence-corrected chi connectivity index (χ4v) is 4.07. The molecule has 1 saturated heterocycles. The van der Waals surface area contributed by atoms with Gasteiger partial charge in [-0.1, -0.05) is 6.92 Å². The first-order chi connectivity index (χ1) is 12.2. The average Bonchev–Trinajstić information content (AvgIpc) is 3.30. The lowest BCUT2D eigenvalue weighted by molar-refractivity contribution is 0.0603. The van der Waals surface area contributed by atoms with Crippen molar-refractivity contribution >= 4 is 28.1 Å². The monoisotopic (exact) mass is 359 g/mol. The Bertz CT molecular complexity index is 777. The molecule has 1 fully saturated rings. The Morgan fingerprint density at radius 3 is 3.12 bits per heavy atom. The number of ether oxygens (including phenoxy) is 2. The summed E-state index contributed by atoms with van der Waals surface area (Å²) in [6.45, 7) is 3.23. The van der Waals surface area contributed by atoms with E-state index in [0.717, 1.165) is 43.0 Å². The van der Waals surface area contributed by atoms with Gasteiger partial charge in [0.15, 0.2) is 16.6 Å². The van der Waals surface area contributed by atoms with Gasteiger partial charge in [-0.2, -0.15) is 0 Å². The van der Waals surface area contributed by atoms with Crippen LogP contribution in [0.3, 0.4) is 0 Å². The van der Waals surface area contributed by atoms with Crippen LogP contribution in [0.4, 0.5) is 10.8 Å². The van der Waals surface area contributed by atoms with Crippen LogP contribution in [0.15, 0.2) is 23.6 Å². The van der Waals surface area contributed by atoms with Crippen LogP contribution in [0.5, 0.6) is 11.5 Å². The number of carbonyl (C=O) groups is 1. The highest BCUT2D eigenvalue weighted by molar-refractivity contribution is 7.14. The number of anilines is 2. The molecule has 2 aliphatic rings. The molecule has 3 heterocycles. The predicted molar refractivity (Wildman–Crippen MR) is 96.9 cm³/mol. The first-order valence-corrected chi connectivity index (χ1v) is 9.55. The third-order valence-electron chi connectivity index (χ3n) is 4.71. The van der Waals surface area contributed by atoms with E-state index >= 15 is 0 Å². The van der Waals surface area contributed by atoms with Crippen LogP contribution in [0, 0.1) is 0 Å². The van der Waals surface area contributed by atoms with Crippen molar-refractivity contribution in [2.45, 2.75) is 38.6 Å². The Kier molecular flexibility index (Phi) is 4.48. The highest BCUT2D eigenvalue weighted by atomic mass is 32.1. The van der Waals surface area contributed by atoms with Crippen molar-refractivity contribution < 1.29 is 14.3 Å². The number of nitrogens with zero attached hydrogens (tertiary/aromatic N) is 2. The lowest BCUT2D eigenvalue weighted by Gasteiger charge is -2.34. The summed E-state index contributed by atoms with van der Waals surface area (Å²) in [4.78, 5) is 19.3. The number of fused-ring (bicyclic) bond motifs is 1. The number of rotatable bonds is 4. The summed E-state index contributed by atoms with van der Waals surface area (Å²) in [6.07, 6.45) is 4.37. The average molecular weight is 359 g/mol. The normalized spacial score (nSPS) is 19.1. The van der Waals surface area contributed by atoms with Crippen LogP contribution in [-0.2, 0) is 0 Å². The summed E-state index contributed by atoms with van der Waals surface area (Å²) in [5.74, 6) is 1.51. The summed E-state index contributed by atoms with van der Waals surface area (Å²) in [6, 6.07) is 5.99. The summed E-state index contributed by atoms with van der Waals surface area (Å²) < 4.78 is 10.7. The van der Waals surface area contributed by atoms with E-state index in [1.807, 2.05) is 28.5 Å². The Labute approximate surface area is 150 Å². The molecule has 0 spiro atoms. The third-order valence-corrected chi connectivity index (χ3v) is 5.46. The maximum absolute atomic E-state index is 12.8. The van der Waals surface area contributed by atoms with Crippen molar-refractivity contribution in [1.29, 1.82) is 0 Å². The molecular formula is C18H21N3O3S. The number of amides is 1. The van der Waals surface area contributed by atoms with Gasteiger partial charge in [-0.25, -0.2) is 4.98 Å². The van der Waals surface area contributed by atoms with Gasteiger partial charge in [0.2, 0.25) is 6.79 Å². The fraction of sp³-hybridized carbons (Fsp3) is 0.444. The highest BCUT2D eigenvalue weighted by Gasteiger charge is 2.27. The van der Waals surface area contributed by atoms with Crippen molar-refractivity contribution in [2.75, 3.05) is 18.7 Å². The minimum Gasteiger partial charge on any atom is -0.454 e. The van der Waals surface area contributed by atoms with Crippen molar-refractivity contribution in [3.05, 3.63) is 29.3 Å². The topological polar surface area (TPSA) is 63.7 Å². The van der Waals surface area contributed by atoms with E-state index in [-0.39, 0.29) is 12.7 Å². The van der Waals surface area contributed by atoms with Crippen molar-refractivity contribution in [3.63, 3.8) is 0 Å². The molecule has 2 aromatic rings. The van der Waals surface area contributed by atoms with Gasteiger partial charge in [0.1, 0.15) is 5.69 Å². The number of piperidine rings is 1. The van der Waals surface area contributed by atoms with Gasteiger partial charge < -0.3 is 19.7 Å². The molecule has 1 atom stereocenters. The van der Waals surface area contributed by atoms with Gasteiger partial charge in [0, 0.05) is 29.7 Å². The number of benzene rings is 1. The molecule has 7 heteroatoms. The highest BCUT2D eigenvalue weighted by Crippen LogP contribution is 2.35. The standard InChI is InChI=1S/C18H21N3O3S/c1-2-13-5-3-4-8-21(13)17(22)14-10-25-18(20-14)19-12-6-7-15-16(9-12)24-11-23-15/h6-7,9-10,13H,2-5,8,11H2,1H3,(H,19,20). The zero-order valence-electron chi connectivity index (χ0n) is 14.2. The van der Waals surface area contributed by atoms with E-state index in [1.54, 1.807) is 0 Å². The SMILES string of the molecule is CCC1CCCCN1C(=O)c1csc(Nc2ccc3c(c2)OCO3)n1. The number of carbonyl (C=O) groups excluding carboxylic acids is 1. The van der Waals surface area contributed by atoms with Crippen LogP contribution in [0.25, 0.3) is 0 Å². The zero-order chi connectivity index (χ0) is 17.2. The van der Waals surface area contributed by atoms with Crippen molar-refractivity contribution in [2.24, 2.45) is 0 Å². The van der Waals surface area contributed by atoms with Crippen LogP contribution < -0.4 is 14.8 Å². The van der Waals surface area contributed by atoms with Crippen molar-refractivity contribution in [3.8, 4) is 11.5 Å². The predicted octanol–water partition coefficient (Wildman–Crippen LogP) is 4.02. The van der Waals surface area contributed by atoms with Gasteiger partial charge in [-0.05, 0) is 37.8 Å². The van der Waals surface area contributed by atoms with Crippen LogP contribution >= 0.6 is 11.3 Å². The second-order valence-electron chi connectivity index (χ2n) is 6.29. The molecule has 0 aliphatic carbocycles. The molecule has 6 nitrogen and oxygen atoms in total. The lowest BCUT2D eigenvalue weighted by atomic mass is 10.00. The Morgan fingerprint density at radius 1 is 1.36 bits per heavy atom. The zero-order valence-corrected chi connectivity index (χ0v) is 15.0. The third kappa shape index (κ3) is 3.28. The maximum atomic E-state index is 12.8. The molecule has 2 aliphatic heterocycles. The number of nitrogens with one attached hydrogen (secondary N) is 1. The summed E-state index contributed by atoms with van der Waals surface area (Å²) in [5.41, 5.74) is 1.38. The number of hydrogen-bond donors (Lipinski definition) is 1. The smallest absolute Gasteiger partial charge is 0.273 e. The van der Waals surface area contributed by atoms with Crippen molar-refractivity contribution in [1.82, 2.24) is 9.88 Å². The number of likely N-dealkylation sites (tertiary alicyclic amines) is 1. The molecule has 4 rings (SSSR count). The van der Waals surface area contributed by atoms with E-state index in [4.69, 9.17) is 9.47 Å². The molecule has 132 valence electrons. The number of aromatic nitrogens is 1. The van der Waals surface area contributed by atoms with Gasteiger partial charge >= 0.3 is 0 Å². The molecule has 1 aromatic carbocycles. The first kappa shape index (κ1) is 16.2. The summed E-state index contributed by atoms with van der Waals surface area (Å²) in [5, 5.41) is 5.77. The quantitative estimate of drug-likeness (QED) is 0.893. The minimum absolute atomic E-state index is 0.0431. The van der Waals surface area contributed by atoms with Gasteiger partial charge in [0.05, 0.1) is 0 Å². The van der Waals surface area contributed by atoms with Crippen LogP contribution in [0.2, 0.25) is 0 Å². The van der Waals surface area contributed by atoms with Crippen LogP contribution in [0.1, 0.15) is 43.1 Å². The molecule has 0 bridgehead atoms. The molecular weight excluding hydrogens is 338 g/mol. The van der Waals surface area contributed by atoms with E-state index in [9.17, 15) is 4.79 Å². The van der Waals surface area contributed by atoms with E-state index in [2.05, 4.69) is 17.2 Å². The van der Waals surface area contributed by atoms with E-state index < -0.39 is 0 Å². The Morgan fingerprint density at radius 2 is 2.24 bits per heavy atom. The molecule has 25 heavy (non-hydrogen) atoms. The lowest BCUT2D eigenvalue weighted by Crippen LogP contribution is -2.43. The first-order valence-electron chi connectivity index (χ1n) is 8.68. The Hall–Kier alpha value is -2.28. The van der Waals surface area contributed by atoms with Crippen LogP contribution in [-0.4, -0.2) is 35.2 Å². The largest absolute Gasteiger partial charge is 0.454 e. The molecule has 1 N–H and O–H groups in total. The second-order valence-corrected chi connectivity index (χ2v) is 7.15. The summed E-state index contributed by atoms with van der Waals surface area (Å²) >= 11 is 1.44.